The van der Waals surface area contributed by atoms with Gasteiger partial charge in [-0.25, -0.2) is 9.79 Å². The highest BCUT2D eigenvalue weighted by molar-refractivity contribution is 8.15. The highest BCUT2D eigenvalue weighted by Crippen LogP contribution is 2.36. The zero-order valence-corrected chi connectivity index (χ0v) is 21.2. The number of benzene rings is 2. The lowest BCUT2D eigenvalue weighted by Crippen LogP contribution is -2.46. The van der Waals surface area contributed by atoms with Crippen molar-refractivity contribution in [2.24, 2.45) is 9.98 Å². The fourth-order valence-electron chi connectivity index (χ4n) is 4.02. The number of amides is 2. The molecule has 0 unspecified atom stereocenters. The van der Waals surface area contributed by atoms with Crippen molar-refractivity contribution in [3.8, 4) is 11.5 Å². The number of likely N-dealkylation sites (tertiary alicyclic amines) is 1. The largest absolute Gasteiger partial charge is 0.497 e. The number of carbonyl (C=O) groups is 1. The number of hydrogen-bond donors (Lipinski definition) is 1. The normalized spacial score (nSPS) is 16.8. The van der Waals surface area contributed by atoms with Crippen LogP contribution in [0.3, 0.4) is 0 Å². The van der Waals surface area contributed by atoms with E-state index in [0.29, 0.717) is 48.1 Å². The maximum atomic E-state index is 13.0. The maximum absolute atomic E-state index is 13.0. The lowest BCUT2D eigenvalue weighted by Gasteiger charge is -2.35. The van der Waals surface area contributed by atoms with Gasteiger partial charge in [-0.3, -0.25) is 4.99 Å². The van der Waals surface area contributed by atoms with Crippen LogP contribution in [0, 0.1) is 0 Å². The smallest absolute Gasteiger partial charge is 0.321 e. The van der Waals surface area contributed by atoms with Gasteiger partial charge < -0.3 is 19.7 Å². The van der Waals surface area contributed by atoms with Gasteiger partial charge in [0, 0.05) is 42.6 Å². The number of anilines is 1. The zero-order valence-electron chi connectivity index (χ0n) is 19.6. The molecule has 2 aliphatic heterocycles. The number of aliphatic imine (C=N–C) groups is 2. The number of piperidine rings is 1. The van der Waals surface area contributed by atoms with Crippen molar-refractivity contribution >= 4 is 45.8 Å². The molecule has 0 radical (unpaired) electrons. The van der Waals surface area contributed by atoms with Crippen molar-refractivity contribution in [2.75, 3.05) is 38.4 Å². The molecule has 1 N–H and O–H groups in total. The molecule has 2 heterocycles. The van der Waals surface area contributed by atoms with Crippen molar-refractivity contribution in [1.29, 1.82) is 0 Å². The van der Waals surface area contributed by atoms with E-state index in [9.17, 15) is 4.79 Å². The Morgan fingerprint density at radius 1 is 1.12 bits per heavy atom. The Kier molecular flexibility index (Phi) is 7.68. The van der Waals surface area contributed by atoms with Crippen molar-refractivity contribution < 1.29 is 14.3 Å². The summed E-state index contributed by atoms with van der Waals surface area (Å²) in [4.78, 5) is 25.0. The molecule has 1 fully saturated rings. The number of rotatable bonds is 6. The summed E-state index contributed by atoms with van der Waals surface area (Å²) >= 11 is 7.83. The molecule has 0 atom stereocenters. The number of carbonyl (C=O) groups excluding carboxylic acids is 1. The first-order valence-electron chi connectivity index (χ1n) is 11.3. The third-order valence-electron chi connectivity index (χ3n) is 5.89. The highest BCUT2D eigenvalue weighted by Gasteiger charge is 2.40. The number of methoxy groups -OCH3 is 2. The highest BCUT2D eigenvalue weighted by atomic mass is 35.5. The van der Waals surface area contributed by atoms with Crippen LogP contribution in [0.1, 0.15) is 31.7 Å². The van der Waals surface area contributed by atoms with Crippen molar-refractivity contribution in [3.05, 3.63) is 53.1 Å². The monoisotopic (exact) mass is 500 g/mol. The number of thioether (sulfide) groups is 1. The lowest BCUT2D eigenvalue weighted by molar-refractivity contribution is 0.175. The molecule has 2 aliphatic rings. The second kappa shape index (κ2) is 10.7. The van der Waals surface area contributed by atoms with Crippen LogP contribution in [-0.4, -0.2) is 60.4 Å². The molecule has 34 heavy (non-hydrogen) atoms. The Morgan fingerprint density at radius 3 is 2.50 bits per heavy atom. The molecule has 2 amide bonds. The lowest BCUT2D eigenvalue weighted by atomic mass is 9.98. The summed E-state index contributed by atoms with van der Waals surface area (Å²) in [5.41, 5.74) is 2.01. The molecule has 0 aromatic heterocycles. The number of nitrogens with zero attached hydrogens (tertiary/aromatic N) is 3. The van der Waals surface area contributed by atoms with Gasteiger partial charge in [-0.1, -0.05) is 30.7 Å². The van der Waals surface area contributed by atoms with E-state index >= 15 is 0 Å². The average Bonchev–Trinajstić information content (AvgIpc) is 3.21. The van der Waals surface area contributed by atoms with E-state index in [2.05, 4.69) is 12.2 Å². The van der Waals surface area contributed by atoms with Crippen LogP contribution >= 0.6 is 23.4 Å². The summed E-state index contributed by atoms with van der Waals surface area (Å²) in [5, 5.41) is 4.63. The van der Waals surface area contributed by atoms with Crippen molar-refractivity contribution in [3.63, 3.8) is 0 Å². The van der Waals surface area contributed by atoms with Crippen LogP contribution < -0.4 is 14.8 Å². The predicted molar refractivity (Wildman–Crippen MR) is 140 cm³/mol. The molecule has 2 aromatic rings. The molecule has 180 valence electrons. The topological polar surface area (TPSA) is 75.5 Å². The SMILES string of the molecule is CCCSC1=NC2(CCN(C(=O)Nc3cc(OC)ccc3OC)CC2)N=C1c1ccc(Cl)cc1. The third-order valence-corrected chi connectivity index (χ3v) is 7.31. The van der Waals surface area contributed by atoms with Gasteiger partial charge in [-0.05, 0) is 36.4 Å². The minimum absolute atomic E-state index is 0.175. The summed E-state index contributed by atoms with van der Waals surface area (Å²) in [6.45, 7) is 3.28. The van der Waals surface area contributed by atoms with E-state index in [4.69, 9.17) is 31.1 Å². The van der Waals surface area contributed by atoms with E-state index < -0.39 is 5.66 Å². The summed E-state index contributed by atoms with van der Waals surface area (Å²) in [7, 11) is 3.16. The predicted octanol–water partition coefficient (Wildman–Crippen LogP) is 5.73. The molecule has 4 rings (SSSR count). The van der Waals surface area contributed by atoms with E-state index in [0.717, 1.165) is 28.5 Å². The molecule has 0 saturated carbocycles. The standard InChI is InChI=1S/C25H29ClN4O3S/c1-4-15-34-23-22(17-5-7-18(26)8-6-17)28-25(29-23)11-13-30(14-12-25)24(31)27-20-16-19(32-2)9-10-21(20)33-3/h5-10,16H,4,11-15H2,1-3H3,(H,27,31). The Hall–Kier alpha value is -2.71. The molecule has 1 spiro atoms. The fraction of sp³-hybridized carbons (Fsp3) is 0.400. The van der Waals surface area contributed by atoms with E-state index in [-0.39, 0.29) is 6.03 Å². The van der Waals surface area contributed by atoms with E-state index in [1.807, 2.05) is 24.3 Å². The molecule has 0 bridgehead atoms. The van der Waals surface area contributed by atoms with E-state index in [1.54, 1.807) is 49.1 Å². The number of ether oxygens (including phenoxy) is 2. The van der Waals surface area contributed by atoms with Gasteiger partial charge in [0.2, 0.25) is 0 Å². The van der Waals surface area contributed by atoms with Gasteiger partial charge in [0.05, 0.1) is 25.6 Å². The quantitative estimate of drug-likeness (QED) is 0.550. The first-order chi connectivity index (χ1) is 16.5. The van der Waals surface area contributed by atoms with Crippen LogP contribution in [0.25, 0.3) is 0 Å². The summed E-state index contributed by atoms with van der Waals surface area (Å²) in [5.74, 6) is 2.21. The van der Waals surface area contributed by atoms with Gasteiger partial charge in [-0.2, -0.15) is 0 Å². The Labute approximate surface area is 209 Å². The minimum atomic E-state index is -0.518. The van der Waals surface area contributed by atoms with Crippen LogP contribution in [0.15, 0.2) is 52.4 Å². The van der Waals surface area contributed by atoms with Gasteiger partial charge in [0.25, 0.3) is 0 Å². The Bertz CT molecular complexity index is 1100. The molecule has 7 nitrogen and oxygen atoms in total. The minimum Gasteiger partial charge on any atom is -0.497 e. The van der Waals surface area contributed by atoms with Crippen molar-refractivity contribution in [1.82, 2.24) is 4.90 Å². The van der Waals surface area contributed by atoms with Crippen LogP contribution in [0.5, 0.6) is 11.5 Å². The summed E-state index contributed by atoms with van der Waals surface area (Å²) in [6, 6.07) is 12.9. The fourth-order valence-corrected chi connectivity index (χ4v) is 5.07. The number of hydrogen-bond acceptors (Lipinski definition) is 6. The van der Waals surface area contributed by atoms with Crippen LogP contribution in [-0.2, 0) is 0 Å². The zero-order chi connectivity index (χ0) is 24.1. The van der Waals surface area contributed by atoms with Gasteiger partial charge in [-0.15, -0.1) is 11.8 Å². The second-order valence-electron chi connectivity index (χ2n) is 8.20. The summed E-state index contributed by atoms with van der Waals surface area (Å²) < 4.78 is 10.7. The Balaban J connectivity index is 1.48. The second-order valence-corrected chi connectivity index (χ2v) is 9.72. The van der Waals surface area contributed by atoms with Gasteiger partial charge in [0.1, 0.15) is 16.5 Å². The molecule has 2 aromatic carbocycles. The maximum Gasteiger partial charge on any atom is 0.321 e. The van der Waals surface area contributed by atoms with Crippen LogP contribution in [0.2, 0.25) is 5.02 Å². The summed E-state index contributed by atoms with van der Waals surface area (Å²) in [6.07, 6.45) is 2.40. The molecular formula is C25H29ClN4O3S. The number of nitrogens with one attached hydrogen (secondary N) is 1. The third kappa shape index (κ3) is 5.33. The number of urea groups is 1. The molecular weight excluding hydrogens is 472 g/mol. The molecule has 0 aliphatic carbocycles. The Morgan fingerprint density at radius 2 is 1.85 bits per heavy atom. The van der Waals surface area contributed by atoms with Gasteiger partial charge in [0.15, 0.2) is 5.66 Å². The molecule has 9 heteroatoms. The first kappa shape index (κ1) is 24.4. The first-order valence-corrected chi connectivity index (χ1v) is 12.7. The van der Waals surface area contributed by atoms with Crippen LogP contribution in [0.4, 0.5) is 10.5 Å². The van der Waals surface area contributed by atoms with E-state index in [1.165, 1.54) is 0 Å². The average molecular weight is 501 g/mol. The number of halogens is 1. The van der Waals surface area contributed by atoms with Crippen molar-refractivity contribution in [2.45, 2.75) is 31.8 Å². The molecule has 1 saturated heterocycles. The van der Waals surface area contributed by atoms with Gasteiger partial charge >= 0.3 is 6.03 Å².